The molecule has 0 unspecified atom stereocenters. The van der Waals surface area contributed by atoms with Crippen molar-refractivity contribution in [1.82, 2.24) is 0 Å². The van der Waals surface area contributed by atoms with Crippen molar-refractivity contribution in [3.05, 3.63) is 52.0 Å². The fraction of sp³-hybridized carbons (Fsp3) is 0.133. The van der Waals surface area contributed by atoms with Gasteiger partial charge in [0, 0.05) is 16.1 Å². The third kappa shape index (κ3) is 2.93. The third-order valence-electron chi connectivity index (χ3n) is 2.82. The molecular weight excluding hydrogens is 324 g/mol. The third-order valence-corrected chi connectivity index (χ3v) is 3.31. The van der Waals surface area contributed by atoms with Gasteiger partial charge in [-0.25, -0.2) is 0 Å². The van der Waals surface area contributed by atoms with Crippen molar-refractivity contribution in [2.24, 2.45) is 0 Å². The maximum absolute atomic E-state index is 12.5. The van der Waals surface area contributed by atoms with Crippen molar-refractivity contribution in [1.29, 1.82) is 0 Å². The van der Waals surface area contributed by atoms with Gasteiger partial charge in [0.05, 0.1) is 19.8 Å². The average Bonchev–Trinajstić information content (AvgIpc) is 2.48. The highest BCUT2D eigenvalue weighted by Crippen LogP contribution is 2.28. The molecule has 0 heterocycles. The predicted molar refractivity (Wildman–Crippen MR) is 78.8 cm³/mol. The van der Waals surface area contributed by atoms with E-state index >= 15 is 0 Å². The Kier molecular flexibility index (Phi) is 4.29. The van der Waals surface area contributed by atoms with Gasteiger partial charge < -0.3 is 14.6 Å². The van der Waals surface area contributed by atoms with Crippen molar-refractivity contribution in [3.63, 3.8) is 0 Å². The standard InChI is InChI=1S/C15H13BrO4/c1-19-11-5-9(6-12(8-11)20-2)15(18)13-7-10(16)3-4-14(13)17/h3-8,17H,1-2H3. The summed E-state index contributed by atoms with van der Waals surface area (Å²) in [5, 5.41) is 9.82. The molecule has 0 saturated carbocycles. The van der Waals surface area contributed by atoms with Crippen LogP contribution in [0.2, 0.25) is 0 Å². The van der Waals surface area contributed by atoms with Crippen LogP contribution < -0.4 is 9.47 Å². The summed E-state index contributed by atoms with van der Waals surface area (Å²) in [6.07, 6.45) is 0. The molecule has 0 aliphatic carbocycles. The molecule has 0 radical (unpaired) electrons. The van der Waals surface area contributed by atoms with Gasteiger partial charge in [-0.1, -0.05) is 15.9 Å². The van der Waals surface area contributed by atoms with E-state index in [2.05, 4.69) is 15.9 Å². The molecule has 0 aliphatic heterocycles. The van der Waals surface area contributed by atoms with Crippen LogP contribution >= 0.6 is 15.9 Å². The Bertz CT molecular complexity index is 630. The van der Waals surface area contributed by atoms with E-state index in [0.29, 0.717) is 21.5 Å². The van der Waals surface area contributed by atoms with Gasteiger partial charge in [0.15, 0.2) is 5.78 Å². The highest BCUT2D eigenvalue weighted by Gasteiger charge is 2.16. The Balaban J connectivity index is 2.50. The fourth-order valence-electron chi connectivity index (χ4n) is 1.78. The Morgan fingerprint density at radius 2 is 1.65 bits per heavy atom. The zero-order chi connectivity index (χ0) is 14.7. The van der Waals surface area contributed by atoms with Gasteiger partial charge in [0.2, 0.25) is 0 Å². The summed E-state index contributed by atoms with van der Waals surface area (Å²) in [6.45, 7) is 0. The van der Waals surface area contributed by atoms with Crippen LogP contribution in [0.25, 0.3) is 0 Å². The predicted octanol–water partition coefficient (Wildman–Crippen LogP) is 3.40. The molecule has 0 amide bonds. The Morgan fingerprint density at radius 3 is 2.20 bits per heavy atom. The second-order valence-corrected chi connectivity index (χ2v) is 5.01. The largest absolute Gasteiger partial charge is 0.507 e. The van der Waals surface area contributed by atoms with Crippen LogP contribution in [0.15, 0.2) is 40.9 Å². The van der Waals surface area contributed by atoms with Crippen LogP contribution in [0.3, 0.4) is 0 Å². The molecule has 0 fully saturated rings. The first-order chi connectivity index (χ1) is 9.55. The molecular formula is C15H13BrO4. The number of aromatic hydroxyl groups is 1. The highest BCUT2D eigenvalue weighted by molar-refractivity contribution is 9.10. The smallest absolute Gasteiger partial charge is 0.197 e. The van der Waals surface area contributed by atoms with Crippen LogP contribution in [0.5, 0.6) is 17.2 Å². The lowest BCUT2D eigenvalue weighted by Crippen LogP contribution is -2.03. The maximum atomic E-state index is 12.5. The van der Waals surface area contributed by atoms with Gasteiger partial charge in [-0.2, -0.15) is 0 Å². The Labute approximate surface area is 125 Å². The lowest BCUT2D eigenvalue weighted by molar-refractivity contribution is 0.103. The van der Waals surface area contributed by atoms with Crippen molar-refractivity contribution >= 4 is 21.7 Å². The van der Waals surface area contributed by atoms with E-state index in [0.717, 1.165) is 0 Å². The maximum Gasteiger partial charge on any atom is 0.197 e. The summed E-state index contributed by atoms with van der Waals surface area (Å²) < 4.78 is 11.0. The molecule has 20 heavy (non-hydrogen) atoms. The molecule has 1 N–H and O–H groups in total. The molecule has 0 atom stereocenters. The van der Waals surface area contributed by atoms with E-state index in [1.54, 1.807) is 30.3 Å². The zero-order valence-electron chi connectivity index (χ0n) is 11.0. The molecule has 0 aliphatic rings. The molecule has 2 aromatic carbocycles. The van der Waals surface area contributed by atoms with E-state index in [4.69, 9.17) is 9.47 Å². The Morgan fingerprint density at radius 1 is 1.05 bits per heavy atom. The lowest BCUT2D eigenvalue weighted by atomic mass is 10.0. The van der Waals surface area contributed by atoms with E-state index in [9.17, 15) is 9.90 Å². The minimum Gasteiger partial charge on any atom is -0.507 e. The van der Waals surface area contributed by atoms with Crippen molar-refractivity contribution < 1.29 is 19.4 Å². The number of rotatable bonds is 4. The van der Waals surface area contributed by atoms with Gasteiger partial charge in [-0.05, 0) is 30.3 Å². The number of phenolic OH excluding ortho intramolecular Hbond substituents is 1. The average molecular weight is 337 g/mol. The number of halogens is 1. The second kappa shape index (κ2) is 5.96. The van der Waals surface area contributed by atoms with Crippen LogP contribution in [0.4, 0.5) is 0 Å². The number of carbonyl (C=O) groups excluding carboxylic acids is 1. The van der Waals surface area contributed by atoms with Crippen LogP contribution in [0.1, 0.15) is 15.9 Å². The Hall–Kier alpha value is -2.01. The van der Waals surface area contributed by atoms with Crippen LogP contribution in [0, 0.1) is 0 Å². The van der Waals surface area contributed by atoms with Crippen molar-refractivity contribution in [3.8, 4) is 17.2 Å². The van der Waals surface area contributed by atoms with E-state index in [1.165, 1.54) is 20.3 Å². The van der Waals surface area contributed by atoms with Gasteiger partial charge >= 0.3 is 0 Å². The quantitative estimate of drug-likeness (QED) is 0.869. The summed E-state index contributed by atoms with van der Waals surface area (Å²) in [5.41, 5.74) is 0.601. The first kappa shape index (κ1) is 14.4. The normalized spacial score (nSPS) is 10.2. The fourth-order valence-corrected chi connectivity index (χ4v) is 2.15. The van der Waals surface area contributed by atoms with Gasteiger partial charge in [0.25, 0.3) is 0 Å². The van der Waals surface area contributed by atoms with Crippen molar-refractivity contribution in [2.45, 2.75) is 0 Å². The number of ketones is 1. The van der Waals surface area contributed by atoms with Gasteiger partial charge in [0.1, 0.15) is 17.2 Å². The summed E-state index contributed by atoms with van der Waals surface area (Å²) in [5.74, 6) is 0.658. The molecule has 104 valence electrons. The second-order valence-electron chi connectivity index (χ2n) is 4.09. The number of carbonyl (C=O) groups is 1. The molecule has 2 aromatic rings. The molecule has 2 rings (SSSR count). The van der Waals surface area contributed by atoms with Crippen LogP contribution in [-0.4, -0.2) is 25.1 Å². The number of phenols is 1. The molecule has 0 spiro atoms. The molecule has 0 saturated heterocycles. The van der Waals surface area contributed by atoms with Gasteiger partial charge in [-0.3, -0.25) is 4.79 Å². The van der Waals surface area contributed by atoms with Crippen molar-refractivity contribution in [2.75, 3.05) is 14.2 Å². The minimum atomic E-state index is -0.305. The van der Waals surface area contributed by atoms with Crippen LogP contribution in [-0.2, 0) is 0 Å². The highest BCUT2D eigenvalue weighted by atomic mass is 79.9. The lowest BCUT2D eigenvalue weighted by Gasteiger charge is -2.09. The minimum absolute atomic E-state index is 0.0695. The number of methoxy groups -OCH3 is 2. The summed E-state index contributed by atoms with van der Waals surface area (Å²) in [7, 11) is 3.03. The molecule has 0 bridgehead atoms. The first-order valence-electron chi connectivity index (χ1n) is 5.81. The number of benzene rings is 2. The molecule has 0 aromatic heterocycles. The molecule has 5 heteroatoms. The number of hydrogen-bond acceptors (Lipinski definition) is 4. The van der Waals surface area contributed by atoms with E-state index in [1.807, 2.05) is 0 Å². The molecule has 4 nitrogen and oxygen atoms in total. The SMILES string of the molecule is COc1cc(OC)cc(C(=O)c2cc(Br)ccc2O)c1. The van der Waals surface area contributed by atoms with E-state index in [-0.39, 0.29) is 17.1 Å². The zero-order valence-corrected chi connectivity index (χ0v) is 12.6. The summed E-state index contributed by atoms with van der Waals surface area (Å²) in [4.78, 5) is 12.5. The first-order valence-corrected chi connectivity index (χ1v) is 6.60. The number of ether oxygens (including phenoxy) is 2. The monoisotopic (exact) mass is 336 g/mol. The van der Waals surface area contributed by atoms with Gasteiger partial charge in [-0.15, -0.1) is 0 Å². The number of hydrogen-bond donors (Lipinski definition) is 1. The summed E-state index contributed by atoms with van der Waals surface area (Å²) >= 11 is 3.28. The topological polar surface area (TPSA) is 55.8 Å². The van der Waals surface area contributed by atoms with E-state index < -0.39 is 0 Å². The summed E-state index contributed by atoms with van der Waals surface area (Å²) in [6, 6.07) is 9.59.